The smallest absolute Gasteiger partial charge is 0.328 e. The molecule has 0 aliphatic rings. The van der Waals surface area contributed by atoms with Crippen molar-refractivity contribution in [3.05, 3.63) is 13.7 Å². The summed E-state index contributed by atoms with van der Waals surface area (Å²) in [6.45, 7) is 1.55. The highest BCUT2D eigenvalue weighted by molar-refractivity contribution is 9.14. The summed E-state index contributed by atoms with van der Waals surface area (Å²) in [4.78, 5) is 10.7. The minimum atomic E-state index is -0.928. The summed E-state index contributed by atoms with van der Waals surface area (Å²) in [6.07, 6.45) is 0. The first-order valence-electron chi connectivity index (χ1n) is 3.27. The van der Waals surface area contributed by atoms with Crippen LogP contribution >= 0.6 is 47.8 Å². The lowest BCUT2D eigenvalue weighted by Crippen LogP contribution is -2.16. The van der Waals surface area contributed by atoms with Gasteiger partial charge in [0.15, 0.2) is 0 Å². The summed E-state index contributed by atoms with van der Waals surface area (Å²) in [6, 6.07) is -0.697. The van der Waals surface area contributed by atoms with Crippen LogP contribution in [0, 0.1) is 0 Å². The van der Waals surface area contributed by atoms with E-state index in [9.17, 15) is 4.79 Å². The average Bonchev–Trinajstić information content (AvgIpc) is 2.31. The van der Waals surface area contributed by atoms with Gasteiger partial charge in [-0.05, 0) is 54.7 Å². The van der Waals surface area contributed by atoms with Crippen molar-refractivity contribution in [2.75, 3.05) is 0 Å². The van der Waals surface area contributed by atoms with E-state index in [-0.39, 0.29) is 0 Å². The Bertz CT molecular complexity index is 350. The quantitative estimate of drug-likeness (QED) is 0.863. The summed E-state index contributed by atoms with van der Waals surface area (Å²) in [5, 5.41) is 12.7. The van der Waals surface area contributed by atoms with Crippen molar-refractivity contribution in [1.82, 2.24) is 9.78 Å². The van der Waals surface area contributed by atoms with Gasteiger partial charge in [0.25, 0.3) is 0 Å². The first-order chi connectivity index (χ1) is 5.95. The Kier molecular flexibility index (Phi) is 3.53. The molecule has 0 bridgehead atoms. The molecule has 0 fully saturated rings. The van der Waals surface area contributed by atoms with Crippen LogP contribution in [-0.2, 0) is 4.79 Å². The fourth-order valence-corrected chi connectivity index (χ4v) is 2.19. The molecule has 1 heterocycles. The summed E-state index contributed by atoms with van der Waals surface area (Å²) >= 11 is 9.66. The first-order valence-corrected chi connectivity index (χ1v) is 5.65. The highest BCUT2D eigenvalue weighted by Crippen LogP contribution is 2.32. The van der Waals surface area contributed by atoms with E-state index in [4.69, 9.17) is 5.11 Å². The van der Waals surface area contributed by atoms with Gasteiger partial charge in [-0.15, -0.1) is 0 Å². The Balaban J connectivity index is 3.15. The van der Waals surface area contributed by atoms with E-state index in [0.717, 1.165) is 0 Å². The number of rotatable bonds is 2. The molecular formula is C6H5Br3N2O2. The van der Waals surface area contributed by atoms with Gasteiger partial charge in [0.2, 0.25) is 0 Å². The van der Waals surface area contributed by atoms with Crippen LogP contribution in [0.3, 0.4) is 0 Å². The highest BCUT2D eigenvalue weighted by atomic mass is 79.9. The van der Waals surface area contributed by atoms with Gasteiger partial charge < -0.3 is 5.11 Å². The van der Waals surface area contributed by atoms with Crippen molar-refractivity contribution in [1.29, 1.82) is 0 Å². The molecule has 72 valence electrons. The molecule has 0 unspecified atom stereocenters. The molecule has 1 rings (SSSR count). The summed E-state index contributed by atoms with van der Waals surface area (Å²) in [7, 11) is 0. The maximum absolute atomic E-state index is 10.7. The van der Waals surface area contributed by atoms with E-state index in [1.165, 1.54) is 4.68 Å². The second-order valence-corrected chi connectivity index (χ2v) is 4.65. The zero-order valence-corrected chi connectivity index (χ0v) is 11.2. The normalized spacial score (nSPS) is 12.9. The molecule has 0 spiro atoms. The van der Waals surface area contributed by atoms with Gasteiger partial charge in [0, 0.05) is 0 Å². The van der Waals surface area contributed by atoms with Gasteiger partial charge >= 0.3 is 5.97 Å². The third-order valence-corrected chi connectivity index (χ3v) is 4.61. The Morgan fingerprint density at radius 3 is 2.38 bits per heavy atom. The van der Waals surface area contributed by atoms with E-state index >= 15 is 0 Å². The first kappa shape index (κ1) is 11.2. The maximum atomic E-state index is 10.7. The van der Waals surface area contributed by atoms with Crippen LogP contribution in [0.4, 0.5) is 0 Å². The van der Waals surface area contributed by atoms with Crippen molar-refractivity contribution < 1.29 is 9.90 Å². The third-order valence-electron chi connectivity index (χ3n) is 1.48. The monoisotopic (exact) mass is 374 g/mol. The Labute approximate surface area is 99.7 Å². The third kappa shape index (κ3) is 2.13. The summed E-state index contributed by atoms with van der Waals surface area (Å²) < 4.78 is 3.26. The Hall–Kier alpha value is 0.120. The highest BCUT2D eigenvalue weighted by Gasteiger charge is 2.20. The molecular weight excluding hydrogens is 372 g/mol. The molecule has 7 heteroatoms. The number of hydrogen-bond donors (Lipinski definition) is 1. The standard InChI is InChI=1S/C6H5Br3N2O2/c1-2(6(12)13)11-5(9)3(7)4(8)10-11/h2H,1H3,(H,12,13)/t2-/m0/s1. The molecule has 0 saturated carbocycles. The van der Waals surface area contributed by atoms with Crippen LogP contribution < -0.4 is 0 Å². The lowest BCUT2D eigenvalue weighted by Gasteiger charge is -2.07. The number of aliphatic carboxylic acids is 1. The number of carbonyl (C=O) groups is 1. The fourth-order valence-electron chi connectivity index (χ4n) is 0.729. The van der Waals surface area contributed by atoms with Gasteiger partial charge in [-0.25, -0.2) is 9.48 Å². The van der Waals surface area contributed by atoms with Gasteiger partial charge in [-0.1, -0.05) is 0 Å². The van der Waals surface area contributed by atoms with Gasteiger partial charge in [-0.2, -0.15) is 5.10 Å². The number of nitrogens with zero attached hydrogens (tertiary/aromatic N) is 2. The zero-order chi connectivity index (χ0) is 10.2. The van der Waals surface area contributed by atoms with Crippen LogP contribution in [-0.4, -0.2) is 20.9 Å². The average molecular weight is 377 g/mol. The van der Waals surface area contributed by atoms with Crippen LogP contribution in [0.25, 0.3) is 0 Å². The van der Waals surface area contributed by atoms with E-state index in [1.807, 2.05) is 0 Å². The van der Waals surface area contributed by atoms with E-state index < -0.39 is 12.0 Å². The van der Waals surface area contributed by atoms with Gasteiger partial charge in [0.1, 0.15) is 15.2 Å². The van der Waals surface area contributed by atoms with E-state index in [0.29, 0.717) is 13.7 Å². The SMILES string of the molecule is C[C@@H](C(=O)O)n1nc(Br)c(Br)c1Br. The van der Waals surface area contributed by atoms with Crippen molar-refractivity contribution in [2.45, 2.75) is 13.0 Å². The van der Waals surface area contributed by atoms with E-state index in [2.05, 4.69) is 52.9 Å². The predicted octanol–water partition coefficient (Wildman–Crippen LogP) is 2.82. The summed E-state index contributed by atoms with van der Waals surface area (Å²) in [5.41, 5.74) is 0. The molecule has 1 aromatic rings. The van der Waals surface area contributed by atoms with Crippen LogP contribution in [0.1, 0.15) is 13.0 Å². The molecule has 1 aromatic heterocycles. The largest absolute Gasteiger partial charge is 0.480 e. The zero-order valence-electron chi connectivity index (χ0n) is 6.46. The van der Waals surface area contributed by atoms with Gasteiger partial charge in [-0.3, -0.25) is 0 Å². The molecule has 0 saturated heterocycles. The number of carboxylic acid groups (broad SMARTS) is 1. The number of carboxylic acids is 1. The molecule has 0 aliphatic carbocycles. The van der Waals surface area contributed by atoms with Crippen molar-refractivity contribution in [2.24, 2.45) is 0 Å². The van der Waals surface area contributed by atoms with Crippen molar-refractivity contribution in [3.8, 4) is 0 Å². The molecule has 0 aromatic carbocycles. The van der Waals surface area contributed by atoms with Crippen LogP contribution in [0.15, 0.2) is 13.7 Å². The Morgan fingerprint density at radius 2 is 2.08 bits per heavy atom. The van der Waals surface area contributed by atoms with Crippen LogP contribution in [0.5, 0.6) is 0 Å². The second-order valence-electron chi connectivity index (χ2n) is 2.35. The van der Waals surface area contributed by atoms with Crippen molar-refractivity contribution >= 4 is 53.8 Å². The molecule has 13 heavy (non-hydrogen) atoms. The molecule has 0 aliphatic heterocycles. The molecule has 0 radical (unpaired) electrons. The van der Waals surface area contributed by atoms with Crippen LogP contribution in [0.2, 0.25) is 0 Å². The van der Waals surface area contributed by atoms with E-state index in [1.54, 1.807) is 6.92 Å². The number of halogens is 3. The molecule has 4 nitrogen and oxygen atoms in total. The topological polar surface area (TPSA) is 55.1 Å². The number of hydrogen-bond acceptors (Lipinski definition) is 2. The second kappa shape index (κ2) is 4.10. The van der Waals surface area contributed by atoms with Gasteiger partial charge in [0.05, 0.1) is 4.47 Å². The molecule has 1 atom stereocenters. The Morgan fingerprint density at radius 1 is 1.54 bits per heavy atom. The molecule has 0 amide bonds. The number of aromatic nitrogens is 2. The minimum Gasteiger partial charge on any atom is -0.480 e. The lowest BCUT2D eigenvalue weighted by molar-refractivity contribution is -0.140. The van der Waals surface area contributed by atoms with Crippen molar-refractivity contribution in [3.63, 3.8) is 0 Å². The minimum absolute atomic E-state index is 0.576. The maximum Gasteiger partial charge on any atom is 0.328 e. The lowest BCUT2D eigenvalue weighted by atomic mass is 10.4. The predicted molar refractivity (Wildman–Crippen MR) is 57.7 cm³/mol. The fraction of sp³-hybridized carbons (Fsp3) is 0.333. The molecule has 1 N–H and O–H groups in total. The summed E-state index contributed by atoms with van der Waals surface area (Å²) in [5.74, 6) is -0.928.